The summed E-state index contributed by atoms with van der Waals surface area (Å²) in [6.07, 6.45) is -7.70. The summed E-state index contributed by atoms with van der Waals surface area (Å²) in [6.45, 7) is 1.41. The molecule has 15 heteroatoms. The molecule has 5 atom stereocenters. The smallest absolute Gasteiger partial charge is 0.239 e. The highest BCUT2D eigenvalue weighted by molar-refractivity contribution is 5.88. The lowest BCUT2D eigenvalue weighted by Crippen LogP contribution is -2.58. The number of aliphatic hydroxyl groups is 3. The first-order chi connectivity index (χ1) is 22.8. The summed E-state index contributed by atoms with van der Waals surface area (Å²) in [4.78, 5) is 13.7. The van der Waals surface area contributed by atoms with Gasteiger partial charge in [-0.3, -0.25) is 4.79 Å². The molecule has 48 heavy (non-hydrogen) atoms. The fourth-order valence-corrected chi connectivity index (χ4v) is 5.00. The normalized spacial score (nSPS) is 20.8. The van der Waals surface area contributed by atoms with Crippen LogP contribution in [0.3, 0.4) is 0 Å². The van der Waals surface area contributed by atoms with Crippen LogP contribution in [-0.4, -0.2) is 76.7 Å². The van der Waals surface area contributed by atoms with Crippen molar-refractivity contribution in [1.82, 2.24) is 0 Å². The van der Waals surface area contributed by atoms with Crippen LogP contribution in [0.2, 0.25) is 0 Å². The molecule has 4 aromatic carbocycles. The van der Waals surface area contributed by atoms with E-state index in [-0.39, 0.29) is 45.7 Å². The van der Waals surface area contributed by atoms with Gasteiger partial charge in [0.25, 0.3) is 0 Å². The highest BCUT2D eigenvalue weighted by atomic mass is 16.7. The second-order valence-electron chi connectivity index (χ2n) is 10.9. The summed E-state index contributed by atoms with van der Waals surface area (Å²) in [5, 5.41) is 91.5. The average Bonchev–Trinajstić information content (AvgIpc) is 3.03. The van der Waals surface area contributed by atoms with Gasteiger partial charge in [0.2, 0.25) is 17.5 Å². The largest absolute Gasteiger partial charge is 0.508 e. The van der Waals surface area contributed by atoms with Crippen LogP contribution in [0.5, 0.6) is 63.2 Å². The fourth-order valence-electron chi connectivity index (χ4n) is 5.00. The molecule has 1 saturated heterocycles. The second kappa shape index (κ2) is 12.4. The maximum atomic E-state index is 13.7. The van der Waals surface area contributed by atoms with E-state index in [9.17, 15) is 50.8 Å². The van der Waals surface area contributed by atoms with Gasteiger partial charge in [0.15, 0.2) is 40.3 Å². The minimum absolute atomic E-state index is 0.0325. The van der Waals surface area contributed by atoms with Gasteiger partial charge in [0, 0.05) is 29.8 Å². The van der Waals surface area contributed by atoms with Crippen molar-refractivity contribution in [2.75, 3.05) is 0 Å². The topological polar surface area (TPSA) is 249 Å². The van der Waals surface area contributed by atoms with E-state index in [2.05, 4.69) is 0 Å². The van der Waals surface area contributed by atoms with E-state index in [1.54, 1.807) is 0 Å². The number of hydrogen-bond acceptors (Lipinski definition) is 15. The van der Waals surface area contributed by atoms with Crippen LogP contribution in [0.25, 0.3) is 22.3 Å². The third kappa shape index (κ3) is 6.01. The quantitative estimate of drug-likeness (QED) is 0.113. The van der Waals surface area contributed by atoms with Gasteiger partial charge in [-0.05, 0) is 49.4 Å². The predicted molar refractivity (Wildman–Crippen MR) is 164 cm³/mol. The van der Waals surface area contributed by atoms with E-state index in [4.69, 9.17) is 23.4 Å². The van der Waals surface area contributed by atoms with Crippen molar-refractivity contribution in [3.63, 3.8) is 0 Å². The fraction of sp³-hybridized carbons (Fsp3) is 0.182. The Morgan fingerprint density at radius 1 is 0.646 bits per heavy atom. The van der Waals surface area contributed by atoms with Crippen molar-refractivity contribution in [2.45, 2.75) is 37.6 Å². The molecular weight excluding hydrogens is 636 g/mol. The molecule has 0 bridgehead atoms. The zero-order valence-corrected chi connectivity index (χ0v) is 24.7. The van der Waals surface area contributed by atoms with Crippen LogP contribution in [0.4, 0.5) is 0 Å². The van der Waals surface area contributed by atoms with Crippen LogP contribution in [0.1, 0.15) is 6.92 Å². The van der Waals surface area contributed by atoms with E-state index >= 15 is 0 Å². The zero-order chi connectivity index (χ0) is 34.4. The maximum Gasteiger partial charge on any atom is 0.239 e. The van der Waals surface area contributed by atoms with E-state index < -0.39 is 76.0 Å². The number of phenolic OH excluding ortho intramolecular Hbond substituents is 6. The van der Waals surface area contributed by atoms with Crippen LogP contribution < -0.4 is 19.6 Å². The number of aliphatic hydroxyl groups excluding tert-OH is 3. The van der Waals surface area contributed by atoms with Crippen molar-refractivity contribution >= 4 is 11.0 Å². The standard InChI is InChI=1S/C33H28O15/c1-13-27(40)29(42)30(43)33(44-13)48-32-28(41)26-22(39)9-15(34)10-25(26)47-31(32)14-2-5-19(36)24(8-14)46-23-7-4-17(12-21(23)38)45-16-3-6-18(35)20(37)11-16/h2-13,27,29-30,33-40,42-43H,1H3/t13-,27+,29+,30-,33-/m0/s1. The first-order valence-corrected chi connectivity index (χ1v) is 14.2. The molecule has 1 aliphatic rings. The molecule has 0 unspecified atom stereocenters. The molecule has 6 rings (SSSR count). The van der Waals surface area contributed by atoms with Crippen LogP contribution in [-0.2, 0) is 4.74 Å². The minimum atomic E-state index is -1.82. The molecule has 250 valence electrons. The van der Waals surface area contributed by atoms with Crippen LogP contribution in [0, 0.1) is 0 Å². The van der Waals surface area contributed by atoms with E-state index in [1.807, 2.05) is 0 Å². The zero-order valence-electron chi connectivity index (χ0n) is 24.7. The van der Waals surface area contributed by atoms with E-state index in [0.29, 0.717) is 0 Å². The van der Waals surface area contributed by atoms with Crippen molar-refractivity contribution < 1.29 is 69.3 Å². The summed E-state index contributed by atoms with van der Waals surface area (Å²) >= 11 is 0. The lowest BCUT2D eigenvalue weighted by Gasteiger charge is -2.38. The number of ether oxygens (including phenoxy) is 4. The monoisotopic (exact) mass is 664 g/mol. The van der Waals surface area contributed by atoms with Crippen LogP contribution >= 0.6 is 0 Å². The van der Waals surface area contributed by atoms with Crippen molar-refractivity contribution in [3.8, 4) is 74.6 Å². The third-order valence-corrected chi connectivity index (χ3v) is 7.51. The summed E-state index contributed by atoms with van der Waals surface area (Å²) in [5.41, 5.74) is -1.19. The van der Waals surface area contributed by atoms with E-state index in [1.165, 1.54) is 61.5 Å². The molecule has 0 radical (unpaired) electrons. The molecule has 1 fully saturated rings. The van der Waals surface area contributed by atoms with Gasteiger partial charge in [-0.1, -0.05) is 0 Å². The SMILES string of the molecule is C[C@@H]1O[C@@H](Oc2c(-c3ccc(O)c(Oc4ccc(Oc5ccc(O)c(O)c5)cc4O)c3)oc3cc(O)cc(O)c3c2=O)[C@@H](O)[C@H](O)[C@@H]1O. The minimum Gasteiger partial charge on any atom is -0.508 e. The van der Waals surface area contributed by atoms with E-state index in [0.717, 1.165) is 12.1 Å². The van der Waals surface area contributed by atoms with Gasteiger partial charge < -0.3 is 69.3 Å². The molecule has 1 aliphatic heterocycles. The number of rotatable bonds is 7. The van der Waals surface area contributed by atoms with Crippen molar-refractivity contribution in [1.29, 1.82) is 0 Å². The summed E-state index contributed by atoms with van der Waals surface area (Å²) in [7, 11) is 0. The second-order valence-corrected chi connectivity index (χ2v) is 10.9. The summed E-state index contributed by atoms with van der Waals surface area (Å²) < 4.78 is 28.5. The highest BCUT2D eigenvalue weighted by Gasteiger charge is 2.44. The molecular formula is C33H28O15. The summed E-state index contributed by atoms with van der Waals surface area (Å²) in [5.74, 6) is -3.71. The Morgan fingerprint density at radius 2 is 1.33 bits per heavy atom. The molecule has 2 heterocycles. The van der Waals surface area contributed by atoms with Gasteiger partial charge >= 0.3 is 0 Å². The Labute approximate surface area is 269 Å². The lowest BCUT2D eigenvalue weighted by molar-refractivity contribution is -0.268. The molecule has 5 aromatic rings. The Morgan fingerprint density at radius 3 is 2.04 bits per heavy atom. The first-order valence-electron chi connectivity index (χ1n) is 14.2. The number of fused-ring (bicyclic) bond motifs is 1. The summed E-state index contributed by atoms with van der Waals surface area (Å²) in [6, 6.07) is 13.4. The van der Waals surface area contributed by atoms with Gasteiger partial charge in [-0.2, -0.15) is 0 Å². The Kier molecular flexibility index (Phi) is 8.28. The molecule has 0 amide bonds. The first kappa shape index (κ1) is 32.1. The number of aromatic hydroxyl groups is 6. The molecule has 15 nitrogen and oxygen atoms in total. The van der Waals surface area contributed by atoms with Gasteiger partial charge in [-0.15, -0.1) is 0 Å². The molecule has 1 aromatic heterocycles. The van der Waals surface area contributed by atoms with Crippen molar-refractivity contribution in [2.24, 2.45) is 0 Å². The molecule has 9 N–H and O–H groups in total. The predicted octanol–water partition coefficient (Wildman–Crippen LogP) is 3.48. The number of hydrogen-bond donors (Lipinski definition) is 9. The lowest BCUT2D eigenvalue weighted by atomic mass is 10.00. The molecule has 0 saturated carbocycles. The number of phenols is 6. The van der Waals surface area contributed by atoms with Gasteiger partial charge in [0.1, 0.15) is 52.3 Å². The Bertz CT molecular complexity index is 2070. The average molecular weight is 665 g/mol. The Hall–Kier alpha value is -5.87. The maximum absolute atomic E-state index is 13.7. The van der Waals surface area contributed by atoms with Crippen molar-refractivity contribution in [3.05, 3.63) is 77.0 Å². The highest BCUT2D eigenvalue weighted by Crippen LogP contribution is 2.43. The van der Waals surface area contributed by atoms with Gasteiger partial charge in [-0.25, -0.2) is 0 Å². The third-order valence-electron chi connectivity index (χ3n) is 7.51. The molecule has 0 spiro atoms. The van der Waals surface area contributed by atoms with Crippen LogP contribution in [0.15, 0.2) is 75.9 Å². The Balaban J connectivity index is 1.38. The molecule has 0 aliphatic carbocycles. The number of benzene rings is 4. The van der Waals surface area contributed by atoms with Gasteiger partial charge in [0.05, 0.1) is 6.10 Å².